The molecule has 0 bridgehead atoms. The molecule has 7 nitrogen and oxygen atoms in total. The third-order valence-corrected chi connectivity index (χ3v) is 6.55. The molecule has 0 aliphatic carbocycles. The maximum Gasteiger partial charge on any atom is 0.219 e. The van der Waals surface area contributed by atoms with E-state index in [4.69, 9.17) is 4.74 Å². The fourth-order valence-electron chi connectivity index (χ4n) is 4.30. The molecule has 0 aliphatic heterocycles. The van der Waals surface area contributed by atoms with E-state index in [0.29, 0.717) is 33.6 Å². The van der Waals surface area contributed by atoms with E-state index in [1.807, 2.05) is 13.0 Å². The number of halogens is 2. The van der Waals surface area contributed by atoms with Gasteiger partial charge in [-0.2, -0.15) is 5.10 Å². The number of aryl methyl sites for hydroxylation is 1. The lowest BCUT2D eigenvalue weighted by Gasteiger charge is -2.13. The molecular weight excluding hydrogens is 514 g/mol. The highest BCUT2D eigenvalue weighted by Gasteiger charge is 2.21. The predicted molar refractivity (Wildman–Crippen MR) is 148 cm³/mol. The van der Waals surface area contributed by atoms with Crippen molar-refractivity contribution in [1.82, 2.24) is 19.7 Å². The van der Waals surface area contributed by atoms with Crippen LogP contribution in [0.25, 0.3) is 27.7 Å². The Kier molecular flexibility index (Phi) is 7.04. The van der Waals surface area contributed by atoms with Gasteiger partial charge in [0.25, 0.3) is 0 Å². The van der Waals surface area contributed by atoms with E-state index in [1.54, 1.807) is 38.5 Å². The molecular formula is C31H24F2N4O3. The molecule has 200 valence electrons. The summed E-state index contributed by atoms with van der Waals surface area (Å²) in [6, 6.07) is 13.0. The Balaban J connectivity index is 1.41. The maximum atomic E-state index is 15.1. The topological polar surface area (TPSA) is 87.0 Å². The predicted octanol–water partition coefficient (Wildman–Crippen LogP) is 6.23. The molecule has 3 aromatic heterocycles. The highest BCUT2D eigenvalue weighted by molar-refractivity contribution is 5.96. The van der Waals surface area contributed by atoms with Crippen LogP contribution in [0.5, 0.6) is 11.5 Å². The van der Waals surface area contributed by atoms with Crippen LogP contribution in [0.4, 0.5) is 8.78 Å². The molecule has 0 atom stereocenters. The number of aromatic nitrogens is 4. The highest BCUT2D eigenvalue weighted by atomic mass is 19.1. The molecule has 0 saturated heterocycles. The van der Waals surface area contributed by atoms with Crippen LogP contribution in [0, 0.1) is 18.6 Å². The number of hydrogen-bond donors (Lipinski definition) is 0. The van der Waals surface area contributed by atoms with Crippen LogP contribution < -0.4 is 10.2 Å². The van der Waals surface area contributed by atoms with Gasteiger partial charge in [0.15, 0.2) is 28.8 Å². The lowest BCUT2D eigenvalue weighted by molar-refractivity contribution is 0.0985. The maximum absolute atomic E-state index is 15.1. The highest BCUT2D eigenvalue weighted by Crippen LogP contribution is 2.30. The van der Waals surface area contributed by atoms with E-state index < -0.39 is 22.8 Å². The second-order valence-electron chi connectivity index (χ2n) is 9.42. The van der Waals surface area contributed by atoms with Crippen LogP contribution in [-0.2, 0) is 13.5 Å². The van der Waals surface area contributed by atoms with Gasteiger partial charge in [0.2, 0.25) is 5.43 Å². The van der Waals surface area contributed by atoms with Crippen molar-refractivity contribution in [3.63, 3.8) is 0 Å². The Bertz CT molecular complexity index is 1860. The first-order valence-electron chi connectivity index (χ1n) is 12.4. The summed E-state index contributed by atoms with van der Waals surface area (Å²) in [6.07, 6.45) is 2.94. The van der Waals surface area contributed by atoms with Crippen LogP contribution >= 0.6 is 0 Å². The SMILES string of the molecule is C=C(C)c1cnc2c(Oc3ccc(CC(=O)c4nn(C)c(C)c(-c5ccc(F)cc5)c4=O)cc3F)ccnc2c1. The zero-order valence-electron chi connectivity index (χ0n) is 22.0. The molecule has 5 rings (SSSR count). The van der Waals surface area contributed by atoms with Crippen LogP contribution in [0.1, 0.15) is 34.2 Å². The summed E-state index contributed by atoms with van der Waals surface area (Å²) < 4.78 is 35.7. The molecule has 0 spiro atoms. The third kappa shape index (κ3) is 5.13. The Morgan fingerprint density at radius 3 is 2.48 bits per heavy atom. The van der Waals surface area contributed by atoms with Gasteiger partial charge in [0, 0.05) is 37.6 Å². The fourth-order valence-corrected chi connectivity index (χ4v) is 4.30. The molecule has 9 heteroatoms. The fraction of sp³-hybridized carbons (Fsp3) is 0.129. The summed E-state index contributed by atoms with van der Waals surface area (Å²) in [4.78, 5) is 35.1. The number of pyridine rings is 2. The summed E-state index contributed by atoms with van der Waals surface area (Å²) in [5, 5.41) is 4.16. The van der Waals surface area contributed by atoms with Gasteiger partial charge in [-0.15, -0.1) is 0 Å². The number of hydrogen-bond acceptors (Lipinski definition) is 6. The number of fused-ring (bicyclic) bond motifs is 1. The number of allylic oxidation sites excluding steroid dienone is 1. The smallest absolute Gasteiger partial charge is 0.219 e. The first-order valence-corrected chi connectivity index (χ1v) is 12.4. The number of carbonyl (C=O) groups is 1. The lowest BCUT2D eigenvalue weighted by Crippen LogP contribution is -2.26. The number of ether oxygens (including phenoxy) is 1. The van der Waals surface area contributed by atoms with Crippen molar-refractivity contribution in [2.75, 3.05) is 0 Å². The van der Waals surface area contributed by atoms with E-state index in [9.17, 15) is 14.0 Å². The summed E-state index contributed by atoms with van der Waals surface area (Å²) >= 11 is 0. The minimum atomic E-state index is -0.689. The monoisotopic (exact) mass is 538 g/mol. The van der Waals surface area contributed by atoms with Gasteiger partial charge in [0.05, 0.1) is 11.1 Å². The van der Waals surface area contributed by atoms with E-state index in [0.717, 1.165) is 11.1 Å². The number of rotatable bonds is 7. The molecule has 2 aromatic carbocycles. The Labute approximate surface area is 228 Å². The summed E-state index contributed by atoms with van der Waals surface area (Å²) in [5.74, 6) is -1.44. The molecule has 3 heterocycles. The Hall–Kier alpha value is -5.05. The minimum absolute atomic E-state index is 0.0579. The summed E-state index contributed by atoms with van der Waals surface area (Å²) in [6.45, 7) is 7.46. The average molecular weight is 539 g/mol. The quantitative estimate of drug-likeness (QED) is 0.229. The van der Waals surface area contributed by atoms with Crippen molar-refractivity contribution in [2.24, 2.45) is 7.05 Å². The van der Waals surface area contributed by atoms with Gasteiger partial charge in [-0.25, -0.2) is 8.78 Å². The van der Waals surface area contributed by atoms with Gasteiger partial charge >= 0.3 is 0 Å². The van der Waals surface area contributed by atoms with Crippen LogP contribution in [-0.4, -0.2) is 25.5 Å². The number of Topliss-reactive ketones (excluding diaryl/α,β-unsaturated/α-hetero) is 1. The standard InChI is InChI=1S/C31H24F2N4O3/c1-17(2)21-15-24-29(35-16-21)27(11-12-34-24)40-26-10-5-19(13-23(26)33)14-25(38)30-31(39)28(18(3)37(4)36-30)20-6-8-22(32)9-7-20/h5-13,15-16H,1,14H2,2-4H3. The third-order valence-electron chi connectivity index (χ3n) is 6.55. The molecule has 0 saturated carbocycles. The first kappa shape index (κ1) is 26.6. The Morgan fingerprint density at radius 2 is 1.77 bits per heavy atom. The molecule has 0 fully saturated rings. The van der Waals surface area contributed by atoms with E-state index in [1.165, 1.54) is 41.1 Å². The molecule has 0 radical (unpaired) electrons. The van der Waals surface area contributed by atoms with E-state index in [-0.39, 0.29) is 23.4 Å². The summed E-state index contributed by atoms with van der Waals surface area (Å²) in [7, 11) is 1.61. The molecule has 0 amide bonds. The van der Waals surface area contributed by atoms with Crippen molar-refractivity contribution < 1.29 is 18.3 Å². The summed E-state index contributed by atoms with van der Waals surface area (Å²) in [5.41, 5.74) is 3.44. The zero-order chi connectivity index (χ0) is 28.6. The van der Waals surface area contributed by atoms with E-state index in [2.05, 4.69) is 21.6 Å². The molecule has 0 aliphatic rings. The second kappa shape index (κ2) is 10.6. The Morgan fingerprint density at radius 1 is 1.02 bits per heavy atom. The normalized spacial score (nSPS) is 11.0. The number of benzene rings is 2. The van der Waals surface area contributed by atoms with Gasteiger partial charge in [0.1, 0.15) is 11.3 Å². The van der Waals surface area contributed by atoms with Crippen LogP contribution in [0.2, 0.25) is 0 Å². The van der Waals surface area contributed by atoms with Gasteiger partial charge in [-0.05, 0) is 66.4 Å². The number of nitrogens with zero attached hydrogens (tertiary/aromatic N) is 4. The van der Waals surface area contributed by atoms with Gasteiger partial charge < -0.3 is 4.74 Å². The molecule has 0 N–H and O–H groups in total. The molecule has 40 heavy (non-hydrogen) atoms. The van der Waals surface area contributed by atoms with Crippen molar-refractivity contribution in [3.05, 3.63) is 118 Å². The van der Waals surface area contributed by atoms with Gasteiger partial charge in [-0.1, -0.05) is 24.8 Å². The molecule has 5 aromatic rings. The average Bonchev–Trinajstić information content (AvgIpc) is 2.93. The number of carbonyl (C=O) groups excluding carboxylic acids is 1. The van der Waals surface area contributed by atoms with Crippen molar-refractivity contribution >= 4 is 22.4 Å². The van der Waals surface area contributed by atoms with Crippen molar-refractivity contribution in [3.8, 4) is 22.6 Å². The zero-order valence-corrected chi connectivity index (χ0v) is 22.0. The second-order valence-corrected chi connectivity index (χ2v) is 9.42. The van der Waals surface area contributed by atoms with Crippen LogP contribution in [0.15, 0.2) is 78.4 Å². The lowest BCUT2D eigenvalue weighted by atomic mass is 10.0. The largest absolute Gasteiger partial charge is 0.452 e. The van der Waals surface area contributed by atoms with E-state index >= 15 is 4.39 Å². The van der Waals surface area contributed by atoms with Crippen molar-refractivity contribution in [1.29, 1.82) is 0 Å². The number of ketones is 1. The first-order chi connectivity index (χ1) is 19.1. The van der Waals surface area contributed by atoms with Gasteiger partial charge in [-0.3, -0.25) is 24.2 Å². The van der Waals surface area contributed by atoms with Crippen molar-refractivity contribution in [2.45, 2.75) is 20.3 Å². The molecule has 0 unspecified atom stereocenters. The minimum Gasteiger partial charge on any atom is -0.452 e. The van der Waals surface area contributed by atoms with Crippen LogP contribution in [0.3, 0.4) is 0 Å².